The van der Waals surface area contributed by atoms with Gasteiger partial charge < -0.3 is 18.9 Å². The number of carbonyl (C=O) groups is 1. The molecule has 0 amide bonds. The fraction of sp³-hybridized carbons (Fsp3) is 0.348. The van der Waals surface area contributed by atoms with Gasteiger partial charge >= 0.3 is 0 Å². The molecule has 0 spiro atoms. The van der Waals surface area contributed by atoms with Crippen molar-refractivity contribution in [2.45, 2.75) is 32.4 Å². The molecule has 0 N–H and O–H groups in total. The van der Waals surface area contributed by atoms with Gasteiger partial charge in [-0.25, -0.2) is 0 Å². The van der Waals surface area contributed by atoms with Crippen LogP contribution in [0.1, 0.15) is 39.9 Å². The zero-order valence-electron chi connectivity index (χ0n) is 16.8. The quantitative estimate of drug-likeness (QED) is 0.734. The van der Waals surface area contributed by atoms with Crippen molar-refractivity contribution in [2.75, 3.05) is 21.0 Å². The molecule has 0 unspecified atom stereocenters. The van der Waals surface area contributed by atoms with Gasteiger partial charge in [-0.15, -0.1) is 0 Å². The third kappa shape index (κ3) is 3.04. The molecule has 150 valence electrons. The number of ether oxygens (including phenoxy) is 4. The highest BCUT2D eigenvalue weighted by Gasteiger charge is 2.36. The summed E-state index contributed by atoms with van der Waals surface area (Å²) in [5.41, 5.74) is 3.25. The minimum atomic E-state index is -0.126. The van der Waals surface area contributed by atoms with Gasteiger partial charge in [-0.2, -0.15) is 0 Å². The van der Waals surface area contributed by atoms with E-state index in [4.69, 9.17) is 18.9 Å². The van der Waals surface area contributed by atoms with Gasteiger partial charge in [0.15, 0.2) is 5.76 Å². The van der Waals surface area contributed by atoms with E-state index >= 15 is 0 Å². The number of rotatable bonds is 4. The van der Waals surface area contributed by atoms with E-state index in [0.29, 0.717) is 35.6 Å². The van der Waals surface area contributed by atoms with Crippen LogP contribution in [0.25, 0.3) is 6.08 Å². The van der Waals surface area contributed by atoms with Crippen molar-refractivity contribution in [3.8, 4) is 23.0 Å². The monoisotopic (exact) mass is 393 g/mol. The number of Topliss-reactive ketones (excluding diaryl/α,β-unsaturated/α-hetero) is 1. The smallest absolute Gasteiger partial charge is 0.231 e. The van der Waals surface area contributed by atoms with Crippen LogP contribution in [-0.4, -0.2) is 37.7 Å². The van der Waals surface area contributed by atoms with Crippen LogP contribution >= 0.6 is 0 Å². The van der Waals surface area contributed by atoms with Gasteiger partial charge in [0, 0.05) is 29.3 Å². The van der Waals surface area contributed by atoms with Gasteiger partial charge in [0.2, 0.25) is 5.78 Å². The highest BCUT2D eigenvalue weighted by Crippen LogP contribution is 2.44. The third-order valence-corrected chi connectivity index (χ3v) is 5.75. The minimum absolute atomic E-state index is 0.126. The summed E-state index contributed by atoms with van der Waals surface area (Å²) < 4.78 is 22.7. The molecule has 1 aliphatic carbocycles. The van der Waals surface area contributed by atoms with Gasteiger partial charge in [0.1, 0.15) is 29.7 Å². The number of benzene rings is 2. The average molecular weight is 393 g/mol. The summed E-state index contributed by atoms with van der Waals surface area (Å²) in [6.07, 6.45) is 4.15. The van der Waals surface area contributed by atoms with Crippen LogP contribution in [-0.2, 0) is 6.54 Å². The third-order valence-electron chi connectivity index (χ3n) is 5.75. The largest absolute Gasteiger partial charge is 0.497 e. The first-order chi connectivity index (χ1) is 14.1. The number of hydrogen-bond donors (Lipinski definition) is 0. The van der Waals surface area contributed by atoms with Crippen LogP contribution < -0.4 is 18.9 Å². The Morgan fingerprint density at radius 2 is 1.97 bits per heavy atom. The SMILES string of the molecule is COc1ccc(OC)c(C=C2Oc3c(cc4c(c3C)OCN(C3CC3)C4)C2=O)c1. The molecular formula is C23H23NO5. The van der Waals surface area contributed by atoms with Crippen molar-refractivity contribution in [2.24, 2.45) is 0 Å². The predicted octanol–water partition coefficient (Wildman–Crippen LogP) is 3.94. The second kappa shape index (κ2) is 6.81. The first kappa shape index (κ1) is 18.1. The van der Waals surface area contributed by atoms with E-state index in [9.17, 15) is 4.79 Å². The topological polar surface area (TPSA) is 57.2 Å². The summed E-state index contributed by atoms with van der Waals surface area (Å²) in [5, 5.41) is 0. The molecule has 0 aromatic heterocycles. The second-order valence-electron chi connectivity index (χ2n) is 7.67. The molecule has 0 bridgehead atoms. The molecule has 6 heteroatoms. The van der Waals surface area contributed by atoms with Crippen molar-refractivity contribution in [3.05, 3.63) is 52.3 Å². The molecule has 1 fully saturated rings. The molecule has 2 heterocycles. The molecular weight excluding hydrogens is 370 g/mol. The van der Waals surface area contributed by atoms with Crippen LogP contribution in [0.15, 0.2) is 30.0 Å². The Bertz CT molecular complexity index is 1040. The van der Waals surface area contributed by atoms with E-state index in [1.807, 2.05) is 31.2 Å². The van der Waals surface area contributed by atoms with Crippen LogP contribution in [0, 0.1) is 6.92 Å². The molecule has 2 aromatic carbocycles. The van der Waals surface area contributed by atoms with Crippen molar-refractivity contribution in [1.82, 2.24) is 4.90 Å². The van der Waals surface area contributed by atoms with E-state index in [1.165, 1.54) is 12.8 Å². The number of methoxy groups -OCH3 is 2. The Labute approximate surface area is 169 Å². The average Bonchev–Trinajstić information content (AvgIpc) is 3.54. The van der Waals surface area contributed by atoms with E-state index in [0.717, 1.165) is 29.0 Å². The molecule has 3 aliphatic rings. The molecule has 0 atom stereocenters. The van der Waals surface area contributed by atoms with Gasteiger partial charge in [-0.1, -0.05) is 0 Å². The summed E-state index contributed by atoms with van der Waals surface area (Å²) in [6.45, 7) is 3.35. The highest BCUT2D eigenvalue weighted by atomic mass is 16.5. The molecule has 5 rings (SSSR count). The van der Waals surface area contributed by atoms with Crippen LogP contribution in [0.2, 0.25) is 0 Å². The molecule has 2 aliphatic heterocycles. The Morgan fingerprint density at radius 3 is 2.69 bits per heavy atom. The first-order valence-corrected chi connectivity index (χ1v) is 9.78. The molecule has 0 radical (unpaired) electrons. The van der Waals surface area contributed by atoms with E-state index < -0.39 is 0 Å². The maximum absolute atomic E-state index is 13.1. The summed E-state index contributed by atoms with van der Waals surface area (Å²) in [7, 11) is 3.20. The summed E-state index contributed by atoms with van der Waals surface area (Å²) >= 11 is 0. The highest BCUT2D eigenvalue weighted by molar-refractivity contribution is 6.15. The number of allylic oxidation sites excluding steroid dienone is 1. The fourth-order valence-corrected chi connectivity index (χ4v) is 4.03. The lowest BCUT2D eigenvalue weighted by atomic mass is 10.00. The second-order valence-corrected chi connectivity index (χ2v) is 7.67. The summed E-state index contributed by atoms with van der Waals surface area (Å²) in [5.74, 6) is 2.90. The Kier molecular flexibility index (Phi) is 4.24. The maximum Gasteiger partial charge on any atom is 0.231 e. The lowest BCUT2D eigenvalue weighted by molar-refractivity contribution is 0.0872. The number of fused-ring (bicyclic) bond motifs is 2. The molecule has 1 saturated carbocycles. The standard InChI is InChI=1S/C23H23NO5/c1-13-22-15(11-24(12-28-22)16-4-5-16)9-18-21(25)20(29-23(13)18)10-14-8-17(26-2)6-7-19(14)27-3/h6-10,16H,4-5,11-12H2,1-3H3. The van der Waals surface area contributed by atoms with Gasteiger partial charge in [-0.05, 0) is 50.1 Å². The van der Waals surface area contributed by atoms with Crippen molar-refractivity contribution in [1.29, 1.82) is 0 Å². The zero-order valence-corrected chi connectivity index (χ0v) is 16.8. The normalized spacial score (nSPS) is 19.4. The predicted molar refractivity (Wildman–Crippen MR) is 108 cm³/mol. The first-order valence-electron chi connectivity index (χ1n) is 9.78. The maximum atomic E-state index is 13.1. The Hall–Kier alpha value is -2.99. The molecule has 2 aromatic rings. The fourth-order valence-electron chi connectivity index (χ4n) is 4.03. The number of carbonyl (C=O) groups excluding carboxylic acids is 1. The lowest BCUT2D eigenvalue weighted by Gasteiger charge is -2.30. The number of hydrogen-bond acceptors (Lipinski definition) is 6. The zero-order chi connectivity index (χ0) is 20.1. The minimum Gasteiger partial charge on any atom is -0.497 e. The van der Waals surface area contributed by atoms with Crippen molar-refractivity contribution in [3.63, 3.8) is 0 Å². The van der Waals surface area contributed by atoms with Crippen LogP contribution in [0.5, 0.6) is 23.0 Å². The molecule has 6 nitrogen and oxygen atoms in total. The van der Waals surface area contributed by atoms with Crippen LogP contribution in [0.4, 0.5) is 0 Å². The number of ketones is 1. The molecule has 29 heavy (non-hydrogen) atoms. The van der Waals surface area contributed by atoms with E-state index in [-0.39, 0.29) is 11.5 Å². The van der Waals surface area contributed by atoms with Gasteiger partial charge in [0.25, 0.3) is 0 Å². The Morgan fingerprint density at radius 1 is 1.14 bits per heavy atom. The van der Waals surface area contributed by atoms with E-state index in [2.05, 4.69) is 4.90 Å². The van der Waals surface area contributed by atoms with Crippen molar-refractivity contribution < 1.29 is 23.7 Å². The van der Waals surface area contributed by atoms with Gasteiger partial charge in [-0.3, -0.25) is 9.69 Å². The van der Waals surface area contributed by atoms with Gasteiger partial charge in [0.05, 0.1) is 19.8 Å². The molecule has 0 saturated heterocycles. The Balaban J connectivity index is 1.52. The van der Waals surface area contributed by atoms with Crippen molar-refractivity contribution >= 4 is 11.9 Å². The summed E-state index contributed by atoms with van der Waals surface area (Å²) in [4.78, 5) is 15.4. The van der Waals surface area contributed by atoms with E-state index in [1.54, 1.807) is 20.3 Å². The summed E-state index contributed by atoms with van der Waals surface area (Å²) in [6, 6.07) is 7.98. The van der Waals surface area contributed by atoms with Crippen LogP contribution in [0.3, 0.4) is 0 Å². The number of nitrogens with zero attached hydrogens (tertiary/aromatic N) is 1. The lowest BCUT2D eigenvalue weighted by Crippen LogP contribution is -2.34.